The molecule has 0 aromatic heterocycles. The van der Waals surface area contributed by atoms with Gasteiger partial charge >= 0.3 is 29.6 Å². The van der Waals surface area contributed by atoms with Gasteiger partial charge in [0.25, 0.3) is 0 Å². The van der Waals surface area contributed by atoms with Crippen LogP contribution in [0.3, 0.4) is 0 Å². The van der Waals surface area contributed by atoms with Crippen LogP contribution in [-0.4, -0.2) is 10.5 Å². The smallest absolute Gasteiger partial charge is 0.769 e. The standard InChI is InChI=1S/ClO.ClH.Na.H2O2/c1-2;;;1-2/h;1H;;1-2H/q-1;;+1;. The average Bonchev–Trinajstić information content (AvgIpc) is 1.50. The second-order valence-corrected chi connectivity index (χ2v) is 0. The van der Waals surface area contributed by atoms with Gasteiger partial charge in [0, 0.05) is 0 Å². The van der Waals surface area contributed by atoms with Gasteiger partial charge in [0.2, 0.25) is 0 Å². The van der Waals surface area contributed by atoms with Gasteiger partial charge < -0.3 is 4.66 Å². The summed E-state index contributed by atoms with van der Waals surface area (Å²) in [5.41, 5.74) is 0. The molecular weight excluding hydrogens is 142 g/mol. The van der Waals surface area contributed by atoms with Crippen molar-refractivity contribution in [2.75, 3.05) is 0 Å². The zero-order valence-electron chi connectivity index (χ0n) is 3.09. The molecule has 0 aromatic rings. The van der Waals surface area contributed by atoms with E-state index in [2.05, 4.69) is 11.9 Å². The van der Waals surface area contributed by atoms with E-state index in [-0.39, 0.29) is 42.0 Å². The fourth-order valence-corrected chi connectivity index (χ4v) is 0. The van der Waals surface area contributed by atoms with Gasteiger partial charge in [0.15, 0.2) is 0 Å². The zero-order valence-corrected chi connectivity index (χ0v) is 6.66. The maximum Gasteiger partial charge on any atom is 1.00 e. The molecule has 3 nitrogen and oxygen atoms in total. The number of rotatable bonds is 0. The summed E-state index contributed by atoms with van der Waals surface area (Å²) in [7, 11) is 0. The number of hydrogen-bond donors (Lipinski definition) is 2. The van der Waals surface area contributed by atoms with Crippen LogP contribution in [0.2, 0.25) is 0 Å². The Morgan fingerprint density at radius 1 is 1.17 bits per heavy atom. The third-order valence-electron chi connectivity index (χ3n) is 0. The van der Waals surface area contributed by atoms with Crippen LogP contribution in [0.5, 0.6) is 0 Å². The van der Waals surface area contributed by atoms with Crippen LogP contribution in [0.15, 0.2) is 0 Å². The van der Waals surface area contributed by atoms with Crippen molar-refractivity contribution in [1.29, 1.82) is 0 Å². The van der Waals surface area contributed by atoms with Crippen molar-refractivity contribution < 1.29 is 44.7 Å². The molecule has 0 rings (SSSR count). The summed E-state index contributed by atoms with van der Waals surface area (Å²) < 4.78 is 7.72. The Bertz CT molecular complexity index is 8.75. The molecule has 2 N–H and O–H groups in total. The first-order chi connectivity index (χ1) is 2.00. The molecule has 0 radical (unpaired) electrons. The Hall–Kier alpha value is 1.46. The Morgan fingerprint density at radius 2 is 1.17 bits per heavy atom. The summed E-state index contributed by atoms with van der Waals surface area (Å²) in [4.78, 5) is 0. The largest absolute Gasteiger partial charge is 1.00 e. The molecule has 0 atom stereocenters. The molecule has 0 saturated carbocycles. The number of halogens is 2. The van der Waals surface area contributed by atoms with Crippen molar-refractivity contribution in [3.8, 4) is 0 Å². The summed E-state index contributed by atoms with van der Waals surface area (Å²) in [5, 5.41) is 12.0. The SMILES string of the molecule is Cl.OO.[Na+].[O-]Cl. The zero-order chi connectivity index (χ0) is 4.00. The summed E-state index contributed by atoms with van der Waals surface area (Å²) >= 11 is 3.39. The summed E-state index contributed by atoms with van der Waals surface area (Å²) in [6.45, 7) is 0. The molecule has 6 heavy (non-hydrogen) atoms. The Balaban J connectivity index is -0.00000000500. The van der Waals surface area contributed by atoms with E-state index in [1.54, 1.807) is 0 Å². The van der Waals surface area contributed by atoms with Crippen LogP contribution >= 0.6 is 24.3 Å². The van der Waals surface area contributed by atoms with Crippen molar-refractivity contribution in [3.63, 3.8) is 0 Å². The molecular formula is H3Cl2NaO3. The predicted molar refractivity (Wildman–Crippen MR) is 18.4 cm³/mol. The molecule has 0 fully saturated rings. The molecule has 0 heterocycles. The molecule has 0 spiro atoms. The van der Waals surface area contributed by atoms with E-state index in [9.17, 15) is 0 Å². The van der Waals surface area contributed by atoms with E-state index >= 15 is 0 Å². The van der Waals surface area contributed by atoms with E-state index in [1.807, 2.05) is 0 Å². The van der Waals surface area contributed by atoms with Gasteiger partial charge in [-0.1, -0.05) is 0 Å². The van der Waals surface area contributed by atoms with Gasteiger partial charge in [-0.3, -0.25) is 10.5 Å². The van der Waals surface area contributed by atoms with Crippen LogP contribution in [0.25, 0.3) is 0 Å². The molecule has 0 amide bonds. The first-order valence-corrected chi connectivity index (χ1v) is 0.663. The van der Waals surface area contributed by atoms with E-state index < -0.39 is 0 Å². The van der Waals surface area contributed by atoms with Crippen molar-refractivity contribution in [3.05, 3.63) is 0 Å². The molecule has 36 valence electrons. The maximum absolute atomic E-state index is 7.72. The first-order valence-electron chi connectivity index (χ1n) is 0.354. The molecule has 0 unspecified atom stereocenters. The van der Waals surface area contributed by atoms with E-state index in [0.29, 0.717) is 0 Å². The van der Waals surface area contributed by atoms with Gasteiger partial charge in [-0.15, -0.1) is 12.4 Å². The summed E-state index contributed by atoms with van der Waals surface area (Å²) in [6.07, 6.45) is 0. The fraction of sp³-hybridized carbons (Fsp3) is 0. The fourth-order valence-electron chi connectivity index (χ4n) is 0. The van der Waals surface area contributed by atoms with Crippen LogP contribution in [0.4, 0.5) is 0 Å². The van der Waals surface area contributed by atoms with Crippen molar-refractivity contribution in [2.45, 2.75) is 0 Å². The van der Waals surface area contributed by atoms with Crippen LogP contribution in [0, 0.1) is 0 Å². The number of hydrogen-bond acceptors (Lipinski definition) is 3. The quantitative estimate of drug-likeness (QED) is 0.216. The summed E-state index contributed by atoms with van der Waals surface area (Å²) in [5.74, 6) is 0. The van der Waals surface area contributed by atoms with Gasteiger partial charge in [0.05, 0.1) is 0 Å². The average molecular weight is 145 g/mol. The Kier molecular flexibility index (Phi) is 392. The second kappa shape index (κ2) is 90.3. The van der Waals surface area contributed by atoms with Gasteiger partial charge in [0.1, 0.15) is 0 Å². The first kappa shape index (κ1) is 26.0. The Morgan fingerprint density at radius 3 is 1.17 bits per heavy atom. The van der Waals surface area contributed by atoms with E-state index in [4.69, 9.17) is 15.2 Å². The molecule has 0 aliphatic heterocycles. The summed E-state index contributed by atoms with van der Waals surface area (Å²) in [6, 6.07) is 0. The van der Waals surface area contributed by atoms with Gasteiger partial charge in [-0.05, 0) is 0 Å². The monoisotopic (exact) mass is 144 g/mol. The normalized spacial score (nSPS) is 2.00. The topological polar surface area (TPSA) is 63.5 Å². The predicted octanol–water partition coefficient (Wildman–Crippen LogP) is -3.06. The molecule has 0 aliphatic rings. The Labute approximate surface area is 68.7 Å². The molecule has 0 aliphatic carbocycles. The maximum atomic E-state index is 7.72. The third kappa shape index (κ3) is 51.0. The molecule has 0 aromatic carbocycles. The van der Waals surface area contributed by atoms with Crippen LogP contribution < -0.4 is 34.2 Å². The van der Waals surface area contributed by atoms with Crippen molar-refractivity contribution in [1.82, 2.24) is 0 Å². The minimum absolute atomic E-state index is 0. The second-order valence-electron chi connectivity index (χ2n) is 0. The molecule has 0 saturated heterocycles. The molecule has 0 bridgehead atoms. The van der Waals surface area contributed by atoms with Gasteiger partial charge in [-0.25, -0.2) is 11.9 Å². The van der Waals surface area contributed by atoms with Crippen molar-refractivity contribution >= 4 is 24.3 Å². The third-order valence-corrected chi connectivity index (χ3v) is 0. The van der Waals surface area contributed by atoms with Crippen LogP contribution in [0.1, 0.15) is 0 Å². The van der Waals surface area contributed by atoms with Gasteiger partial charge in [-0.2, -0.15) is 0 Å². The minimum atomic E-state index is 0. The van der Waals surface area contributed by atoms with Crippen LogP contribution in [-0.2, 0) is 0 Å². The van der Waals surface area contributed by atoms with E-state index in [0.717, 1.165) is 0 Å². The van der Waals surface area contributed by atoms with Crippen molar-refractivity contribution in [2.24, 2.45) is 0 Å². The van der Waals surface area contributed by atoms with E-state index in [1.165, 1.54) is 0 Å². The molecule has 6 heteroatoms. The minimum Gasteiger partial charge on any atom is -0.769 e.